The van der Waals surface area contributed by atoms with Crippen molar-refractivity contribution >= 4 is 29.4 Å². The molecule has 0 bridgehead atoms. The molecule has 2 aliphatic heterocycles. The molecular weight excluding hydrogens is 414 g/mol. The Morgan fingerprint density at radius 1 is 1.16 bits per heavy atom. The molecule has 7 nitrogen and oxygen atoms in total. The van der Waals surface area contributed by atoms with Crippen molar-refractivity contribution in [1.82, 2.24) is 15.2 Å². The zero-order valence-corrected chi connectivity index (χ0v) is 18.5. The van der Waals surface area contributed by atoms with E-state index in [1.807, 2.05) is 41.3 Å². The molecule has 0 saturated carbocycles. The Kier molecular flexibility index (Phi) is 6.94. The van der Waals surface area contributed by atoms with Crippen LogP contribution in [0.25, 0.3) is 0 Å². The summed E-state index contributed by atoms with van der Waals surface area (Å²) in [5.41, 5.74) is 5.12. The van der Waals surface area contributed by atoms with Crippen molar-refractivity contribution in [3.63, 3.8) is 0 Å². The van der Waals surface area contributed by atoms with Gasteiger partial charge in [0.15, 0.2) is 12.5 Å². The molecule has 2 heterocycles. The Morgan fingerprint density at radius 2 is 1.97 bits per heavy atom. The lowest BCUT2D eigenvalue weighted by molar-refractivity contribution is -0.111. The lowest BCUT2D eigenvalue weighted by Crippen LogP contribution is -2.47. The summed E-state index contributed by atoms with van der Waals surface area (Å²) in [7, 11) is 1.70. The van der Waals surface area contributed by atoms with Gasteiger partial charge in [0.1, 0.15) is 11.6 Å². The van der Waals surface area contributed by atoms with Gasteiger partial charge in [-0.25, -0.2) is 0 Å². The van der Waals surface area contributed by atoms with Crippen LogP contribution in [0.4, 0.5) is 5.69 Å². The van der Waals surface area contributed by atoms with Crippen LogP contribution in [0.15, 0.2) is 53.6 Å². The maximum atomic E-state index is 11.5. The second kappa shape index (κ2) is 10.0. The third kappa shape index (κ3) is 5.11. The highest BCUT2D eigenvalue weighted by atomic mass is 35.5. The molecule has 0 aromatic heterocycles. The van der Waals surface area contributed by atoms with E-state index in [9.17, 15) is 4.79 Å². The van der Waals surface area contributed by atoms with E-state index in [2.05, 4.69) is 32.5 Å². The topological polar surface area (TPSA) is 60.4 Å². The number of amidine groups is 1. The lowest BCUT2D eigenvalue weighted by atomic mass is 10.2. The first-order valence-corrected chi connectivity index (χ1v) is 10.9. The second-order valence-electron chi connectivity index (χ2n) is 7.74. The Labute approximate surface area is 188 Å². The number of piperazine rings is 1. The molecule has 1 saturated heterocycles. The van der Waals surface area contributed by atoms with Crippen molar-refractivity contribution in [3.05, 3.63) is 59.1 Å². The van der Waals surface area contributed by atoms with Crippen LogP contribution in [-0.4, -0.2) is 67.9 Å². The SMILES string of the molecule is COc1cccc(N2CCN(CCC3=NNC(C=O)N3Cc3ccccc3Cl)CC2)c1. The molecule has 2 aromatic rings. The number of aldehydes is 1. The smallest absolute Gasteiger partial charge is 0.173 e. The highest BCUT2D eigenvalue weighted by Gasteiger charge is 2.28. The third-order valence-electron chi connectivity index (χ3n) is 5.86. The van der Waals surface area contributed by atoms with Crippen LogP contribution in [0.2, 0.25) is 5.02 Å². The Bertz CT molecular complexity index is 930. The predicted octanol–water partition coefficient (Wildman–Crippen LogP) is 2.80. The minimum Gasteiger partial charge on any atom is -0.497 e. The maximum absolute atomic E-state index is 11.5. The van der Waals surface area contributed by atoms with Crippen LogP contribution < -0.4 is 15.1 Å². The molecule has 0 amide bonds. The molecule has 1 unspecified atom stereocenters. The van der Waals surface area contributed by atoms with E-state index in [1.54, 1.807) is 7.11 Å². The first-order chi connectivity index (χ1) is 15.2. The Hall–Kier alpha value is -2.77. The van der Waals surface area contributed by atoms with E-state index in [4.69, 9.17) is 16.3 Å². The van der Waals surface area contributed by atoms with Crippen LogP contribution in [0.1, 0.15) is 12.0 Å². The summed E-state index contributed by atoms with van der Waals surface area (Å²) >= 11 is 6.33. The summed E-state index contributed by atoms with van der Waals surface area (Å²) in [5.74, 6) is 1.78. The quantitative estimate of drug-likeness (QED) is 0.636. The van der Waals surface area contributed by atoms with Gasteiger partial charge in [0.2, 0.25) is 0 Å². The fourth-order valence-electron chi connectivity index (χ4n) is 4.03. The first kappa shape index (κ1) is 21.5. The van der Waals surface area contributed by atoms with Gasteiger partial charge >= 0.3 is 0 Å². The van der Waals surface area contributed by atoms with Gasteiger partial charge < -0.3 is 14.5 Å². The summed E-state index contributed by atoms with van der Waals surface area (Å²) < 4.78 is 5.35. The number of carbonyl (C=O) groups excluding carboxylic acids is 1. The number of nitrogens with one attached hydrogen (secondary N) is 1. The molecular formula is C23H28ClN5O2. The first-order valence-electron chi connectivity index (χ1n) is 10.6. The summed E-state index contributed by atoms with van der Waals surface area (Å²) in [6.45, 7) is 5.37. The number of methoxy groups -OCH3 is 1. The molecule has 164 valence electrons. The van der Waals surface area contributed by atoms with Crippen LogP contribution in [-0.2, 0) is 11.3 Å². The van der Waals surface area contributed by atoms with E-state index in [0.29, 0.717) is 11.6 Å². The summed E-state index contributed by atoms with van der Waals surface area (Å²) in [6, 6.07) is 15.9. The highest BCUT2D eigenvalue weighted by molar-refractivity contribution is 6.31. The van der Waals surface area contributed by atoms with Crippen molar-refractivity contribution < 1.29 is 9.53 Å². The molecule has 1 fully saturated rings. The van der Waals surface area contributed by atoms with E-state index in [-0.39, 0.29) is 0 Å². The largest absolute Gasteiger partial charge is 0.497 e. The average Bonchev–Trinajstić information content (AvgIpc) is 3.21. The van der Waals surface area contributed by atoms with Crippen molar-refractivity contribution in [2.45, 2.75) is 19.1 Å². The third-order valence-corrected chi connectivity index (χ3v) is 6.23. The molecule has 0 aliphatic carbocycles. The van der Waals surface area contributed by atoms with Gasteiger partial charge in [0, 0.05) is 62.5 Å². The van der Waals surface area contributed by atoms with Crippen LogP contribution >= 0.6 is 11.6 Å². The number of carbonyl (C=O) groups is 1. The van der Waals surface area contributed by atoms with Crippen LogP contribution in [0, 0.1) is 0 Å². The standard InChI is InChI=1S/C23H28ClN5O2/c1-31-20-7-4-6-19(15-20)28-13-11-27(12-14-28)10-9-22-25-26-23(17-30)29(22)16-18-5-2-3-8-21(18)24/h2-8,15,17,23,26H,9-14,16H2,1H3. The average molecular weight is 442 g/mol. The fraction of sp³-hybridized carbons (Fsp3) is 0.391. The number of nitrogens with zero attached hydrogens (tertiary/aromatic N) is 4. The van der Waals surface area contributed by atoms with Crippen molar-refractivity contribution in [2.24, 2.45) is 5.10 Å². The van der Waals surface area contributed by atoms with Gasteiger partial charge in [-0.1, -0.05) is 35.9 Å². The van der Waals surface area contributed by atoms with Crippen molar-refractivity contribution in [3.8, 4) is 5.75 Å². The molecule has 2 aliphatic rings. The number of ether oxygens (including phenoxy) is 1. The molecule has 1 N–H and O–H groups in total. The van der Waals surface area contributed by atoms with E-state index >= 15 is 0 Å². The molecule has 0 spiro atoms. The summed E-state index contributed by atoms with van der Waals surface area (Å²) in [6.07, 6.45) is 1.22. The summed E-state index contributed by atoms with van der Waals surface area (Å²) in [5, 5.41) is 5.13. The van der Waals surface area contributed by atoms with Crippen molar-refractivity contribution in [2.75, 3.05) is 44.7 Å². The number of hydrogen-bond acceptors (Lipinski definition) is 7. The minimum atomic E-state index is -0.448. The molecule has 1 atom stereocenters. The van der Waals surface area contributed by atoms with E-state index in [1.165, 1.54) is 5.69 Å². The summed E-state index contributed by atoms with van der Waals surface area (Å²) in [4.78, 5) is 18.4. The number of anilines is 1. The van der Waals surface area contributed by atoms with Crippen molar-refractivity contribution in [1.29, 1.82) is 0 Å². The lowest BCUT2D eigenvalue weighted by Gasteiger charge is -2.36. The minimum absolute atomic E-state index is 0.448. The molecule has 8 heteroatoms. The van der Waals surface area contributed by atoms with Gasteiger partial charge in [-0.2, -0.15) is 5.10 Å². The zero-order valence-electron chi connectivity index (χ0n) is 17.7. The Morgan fingerprint density at radius 3 is 2.71 bits per heavy atom. The zero-order chi connectivity index (χ0) is 21.6. The Balaban J connectivity index is 1.31. The maximum Gasteiger partial charge on any atom is 0.173 e. The van der Waals surface area contributed by atoms with Gasteiger partial charge in [-0.3, -0.25) is 15.1 Å². The number of benzene rings is 2. The van der Waals surface area contributed by atoms with Gasteiger partial charge in [0.25, 0.3) is 0 Å². The number of hydrazone groups is 1. The van der Waals surface area contributed by atoms with Crippen LogP contribution in [0.5, 0.6) is 5.75 Å². The number of halogens is 1. The molecule has 31 heavy (non-hydrogen) atoms. The van der Waals surface area contributed by atoms with Gasteiger partial charge in [0.05, 0.1) is 7.11 Å². The normalized spacial score (nSPS) is 19.2. The fourth-order valence-corrected chi connectivity index (χ4v) is 4.23. The van der Waals surface area contributed by atoms with Gasteiger partial charge in [-0.05, 0) is 23.8 Å². The highest BCUT2D eigenvalue weighted by Crippen LogP contribution is 2.23. The molecule has 2 aromatic carbocycles. The van der Waals surface area contributed by atoms with E-state index in [0.717, 1.165) is 62.6 Å². The van der Waals surface area contributed by atoms with Crippen LogP contribution in [0.3, 0.4) is 0 Å². The molecule has 0 radical (unpaired) electrons. The molecule has 4 rings (SSSR count). The number of rotatable bonds is 8. The van der Waals surface area contributed by atoms with Gasteiger partial charge in [-0.15, -0.1) is 0 Å². The number of hydrogen-bond donors (Lipinski definition) is 1. The monoisotopic (exact) mass is 441 g/mol. The predicted molar refractivity (Wildman–Crippen MR) is 124 cm³/mol. The second-order valence-corrected chi connectivity index (χ2v) is 8.14. The van der Waals surface area contributed by atoms with E-state index < -0.39 is 6.17 Å².